The molecule has 0 aromatic heterocycles. The molecular weight excluding hydrogens is 690 g/mol. The Labute approximate surface area is 305 Å². The lowest BCUT2D eigenvalue weighted by molar-refractivity contribution is -0.111. The van der Waals surface area contributed by atoms with E-state index in [-0.39, 0.29) is 35.4 Å². The van der Waals surface area contributed by atoms with Gasteiger partial charge in [-0.05, 0) is 61.5 Å². The minimum absolute atomic E-state index is 0.0527. The van der Waals surface area contributed by atoms with Crippen LogP contribution in [0, 0.1) is 5.92 Å². The number of allylic oxidation sites excluding steroid dienone is 3. The number of amides is 1. The van der Waals surface area contributed by atoms with Gasteiger partial charge in [0.2, 0.25) is 0 Å². The van der Waals surface area contributed by atoms with Crippen LogP contribution in [0.5, 0.6) is 5.75 Å². The largest absolute Gasteiger partial charge is 0.495 e. The second-order valence-electron chi connectivity index (χ2n) is 11.9. The topological polar surface area (TPSA) is 113 Å². The van der Waals surface area contributed by atoms with E-state index in [1.54, 1.807) is 28.4 Å². The molecule has 4 atom stereocenters. The molecule has 1 aliphatic rings. The number of anilines is 1. The molecule has 1 aromatic carbocycles. The number of methoxy groups -OCH3 is 4. The van der Waals surface area contributed by atoms with Gasteiger partial charge in [0.25, 0.3) is 0 Å². The molecule has 276 valence electrons. The predicted molar refractivity (Wildman–Crippen MR) is 200 cm³/mol. The lowest BCUT2D eigenvalue weighted by Crippen LogP contribution is -2.43. The number of aliphatic hydroxyl groups is 1. The normalized spacial score (nSPS) is 17.8. The van der Waals surface area contributed by atoms with Crippen LogP contribution in [0.2, 0.25) is 5.02 Å². The molecule has 1 heterocycles. The van der Waals surface area contributed by atoms with Gasteiger partial charge in [-0.15, -0.1) is 23.5 Å². The fourth-order valence-corrected chi connectivity index (χ4v) is 9.23. The smallest absolute Gasteiger partial charge is 0.413 e. The fraction of sp³-hybridized carbons (Fsp3) is 0.611. The molecule has 1 fully saturated rings. The summed E-state index contributed by atoms with van der Waals surface area (Å²) in [5.41, 5.74) is 3.24. The Morgan fingerprint density at radius 2 is 1.86 bits per heavy atom. The Kier molecular flexibility index (Phi) is 20.0. The Morgan fingerprint density at radius 1 is 1.14 bits per heavy atom. The van der Waals surface area contributed by atoms with Crippen LogP contribution in [-0.4, -0.2) is 107 Å². The Hall–Kier alpha value is -2.03. The van der Waals surface area contributed by atoms with Crippen molar-refractivity contribution in [2.75, 3.05) is 71.9 Å². The van der Waals surface area contributed by atoms with E-state index in [9.17, 15) is 14.7 Å². The quantitative estimate of drug-likeness (QED) is 0.0457. The average Bonchev–Trinajstić information content (AvgIpc) is 3.09. The molecule has 0 unspecified atom stereocenters. The number of benzene rings is 1. The van der Waals surface area contributed by atoms with Gasteiger partial charge in [-0.1, -0.05) is 48.4 Å². The summed E-state index contributed by atoms with van der Waals surface area (Å²) in [6.07, 6.45) is 9.48. The first-order chi connectivity index (χ1) is 23.5. The summed E-state index contributed by atoms with van der Waals surface area (Å²) >= 11 is 10.3. The van der Waals surface area contributed by atoms with Crippen molar-refractivity contribution in [1.29, 1.82) is 0 Å². The van der Waals surface area contributed by atoms with E-state index in [4.69, 9.17) is 40.0 Å². The number of halogens is 1. The standard InChI is InChI=1S/C36H54ClNO9S2/c1-25(19-28-21-29(38(4)35(41)45-8)34(37)31(22-28)43-6)11-9-12-33(44-7)36(48-17-10-18-49-36)23-32(47-24-46-16-15-42-5)27(3)20-26(2)30(40)13-14-39/h9,11-12,14,20-22,27,30,32-33,40H,10,13,15-19,23-24H2,1-8H3/b12-9+,25-11+,26-20+/t27-,30-,32-,33+/m0/s1. The molecule has 0 radical (unpaired) electrons. The van der Waals surface area contributed by atoms with Crippen molar-refractivity contribution in [1.82, 2.24) is 0 Å². The van der Waals surface area contributed by atoms with E-state index < -0.39 is 12.2 Å². The van der Waals surface area contributed by atoms with Crippen molar-refractivity contribution >= 4 is 53.2 Å². The molecule has 10 nitrogen and oxygen atoms in total. The highest BCUT2D eigenvalue weighted by atomic mass is 35.5. The molecule has 1 aromatic rings. The summed E-state index contributed by atoms with van der Waals surface area (Å²) in [4.78, 5) is 24.6. The van der Waals surface area contributed by atoms with Crippen LogP contribution in [0.3, 0.4) is 0 Å². The first kappa shape index (κ1) is 43.1. The monoisotopic (exact) mass is 743 g/mol. The number of aliphatic hydroxyl groups excluding tert-OH is 1. The number of carbonyl (C=O) groups excluding carboxylic acids is 2. The molecule has 0 bridgehead atoms. The van der Waals surface area contributed by atoms with Gasteiger partial charge in [0.05, 0.1) is 55.5 Å². The van der Waals surface area contributed by atoms with Gasteiger partial charge in [0.1, 0.15) is 23.9 Å². The minimum atomic E-state index is -0.829. The van der Waals surface area contributed by atoms with Crippen molar-refractivity contribution < 1.29 is 43.1 Å². The Balaban J connectivity index is 2.34. The number of hydrogen-bond donors (Lipinski definition) is 1. The van der Waals surface area contributed by atoms with Crippen LogP contribution in [0.1, 0.15) is 45.6 Å². The molecule has 13 heteroatoms. The number of carbonyl (C=O) groups is 2. The number of rotatable bonds is 21. The third-order valence-corrected chi connectivity index (χ3v) is 12.0. The summed E-state index contributed by atoms with van der Waals surface area (Å²) in [6.45, 7) is 6.93. The van der Waals surface area contributed by atoms with E-state index in [0.29, 0.717) is 42.5 Å². The zero-order valence-electron chi connectivity index (χ0n) is 30.1. The summed E-state index contributed by atoms with van der Waals surface area (Å²) in [7, 11) is 7.82. The maximum Gasteiger partial charge on any atom is 0.413 e. The van der Waals surface area contributed by atoms with Crippen LogP contribution in [0.4, 0.5) is 10.5 Å². The SMILES string of the molecule is COCCOCO[C@@H](CC1([C@@H](/C=C/C=C(\C)Cc2cc(OC)c(Cl)c(N(C)C(=O)OC)c2)OC)SCCCS1)[C@@H](C)/C=C(\C)[C@@H](O)CC=O. The highest BCUT2D eigenvalue weighted by molar-refractivity contribution is 8.18. The second kappa shape index (κ2) is 22.7. The predicted octanol–water partition coefficient (Wildman–Crippen LogP) is 7.11. The molecule has 0 aliphatic carbocycles. The van der Waals surface area contributed by atoms with Crippen molar-refractivity contribution in [3.8, 4) is 5.75 Å². The van der Waals surface area contributed by atoms with Crippen LogP contribution in [0.25, 0.3) is 0 Å². The number of thioether (sulfide) groups is 2. The zero-order chi connectivity index (χ0) is 36.4. The van der Waals surface area contributed by atoms with E-state index >= 15 is 0 Å². The molecule has 1 saturated heterocycles. The maximum absolute atomic E-state index is 12.2. The number of aldehydes is 1. The van der Waals surface area contributed by atoms with Gasteiger partial charge in [-0.3, -0.25) is 4.90 Å². The van der Waals surface area contributed by atoms with Gasteiger partial charge >= 0.3 is 6.09 Å². The number of nitrogens with zero attached hydrogens (tertiary/aromatic N) is 1. The molecule has 0 spiro atoms. The van der Waals surface area contributed by atoms with Gasteiger partial charge in [0, 0.05) is 40.0 Å². The second-order valence-corrected chi connectivity index (χ2v) is 15.4. The molecular formula is C36H54ClNO9S2. The lowest BCUT2D eigenvalue weighted by atomic mass is 9.94. The summed E-state index contributed by atoms with van der Waals surface area (Å²) in [5, 5.41) is 10.7. The molecule has 0 saturated carbocycles. The summed E-state index contributed by atoms with van der Waals surface area (Å²) < 4.78 is 33.3. The van der Waals surface area contributed by atoms with Gasteiger partial charge in [-0.2, -0.15) is 0 Å². The molecule has 1 N–H and O–H groups in total. The fourth-order valence-electron chi connectivity index (χ4n) is 5.39. The average molecular weight is 744 g/mol. The number of ether oxygens (including phenoxy) is 6. The molecule has 49 heavy (non-hydrogen) atoms. The van der Waals surface area contributed by atoms with Crippen LogP contribution in [0.15, 0.2) is 47.6 Å². The van der Waals surface area contributed by atoms with Crippen LogP contribution >= 0.6 is 35.1 Å². The lowest BCUT2D eigenvalue weighted by Gasteiger charge is -2.43. The summed E-state index contributed by atoms with van der Waals surface area (Å²) in [5.74, 6) is 2.39. The highest BCUT2D eigenvalue weighted by Crippen LogP contribution is 2.50. The molecule has 2 rings (SSSR count). The van der Waals surface area contributed by atoms with Gasteiger partial charge in [-0.25, -0.2) is 4.79 Å². The zero-order valence-corrected chi connectivity index (χ0v) is 32.5. The summed E-state index contributed by atoms with van der Waals surface area (Å²) in [6, 6.07) is 3.73. The van der Waals surface area contributed by atoms with E-state index in [1.165, 1.54) is 12.0 Å². The van der Waals surface area contributed by atoms with Crippen LogP contribution < -0.4 is 9.64 Å². The number of hydrogen-bond acceptors (Lipinski definition) is 11. The third kappa shape index (κ3) is 13.6. The highest BCUT2D eigenvalue weighted by Gasteiger charge is 2.44. The van der Waals surface area contributed by atoms with Gasteiger partial charge in [0.15, 0.2) is 0 Å². The maximum atomic E-state index is 12.2. The molecule has 1 amide bonds. The minimum Gasteiger partial charge on any atom is -0.495 e. The first-order valence-corrected chi connectivity index (χ1v) is 18.6. The van der Waals surface area contributed by atoms with E-state index in [2.05, 4.69) is 19.1 Å². The Bertz CT molecular complexity index is 1270. The van der Waals surface area contributed by atoms with Crippen molar-refractivity contribution in [2.45, 2.75) is 68.8 Å². The Morgan fingerprint density at radius 3 is 2.47 bits per heavy atom. The van der Waals surface area contributed by atoms with Crippen molar-refractivity contribution in [3.05, 3.63) is 58.2 Å². The van der Waals surface area contributed by atoms with E-state index in [0.717, 1.165) is 40.9 Å². The molecule has 1 aliphatic heterocycles. The first-order valence-electron chi connectivity index (χ1n) is 16.3. The van der Waals surface area contributed by atoms with Gasteiger partial charge < -0.3 is 38.3 Å². The third-order valence-electron chi connectivity index (χ3n) is 8.17. The van der Waals surface area contributed by atoms with Crippen LogP contribution in [-0.2, 0) is 34.9 Å². The van der Waals surface area contributed by atoms with E-state index in [1.807, 2.05) is 61.7 Å². The van der Waals surface area contributed by atoms with Crippen molar-refractivity contribution in [3.63, 3.8) is 0 Å². The van der Waals surface area contributed by atoms with Crippen molar-refractivity contribution in [2.24, 2.45) is 5.92 Å².